The Labute approximate surface area is 120 Å². The number of piperidine rings is 1. The summed E-state index contributed by atoms with van der Waals surface area (Å²) in [7, 11) is 1.33. The van der Waals surface area contributed by atoms with Gasteiger partial charge in [0, 0.05) is 13.6 Å². The summed E-state index contributed by atoms with van der Waals surface area (Å²) in [5, 5.41) is 10.9. The van der Waals surface area contributed by atoms with Crippen molar-refractivity contribution < 1.29 is 18.0 Å². The molecular formula is C12H18F3N5O. The number of hydrogen-bond acceptors (Lipinski definition) is 4. The lowest BCUT2D eigenvalue weighted by Crippen LogP contribution is -2.31. The number of alkyl halides is 3. The molecule has 0 atom stereocenters. The summed E-state index contributed by atoms with van der Waals surface area (Å²) in [6.45, 7) is 1.36. The van der Waals surface area contributed by atoms with Crippen LogP contribution < -0.4 is 5.32 Å². The minimum atomic E-state index is -4.28. The summed E-state index contributed by atoms with van der Waals surface area (Å²) in [5.41, 5.74) is 0.0817. The van der Waals surface area contributed by atoms with E-state index in [9.17, 15) is 18.0 Å². The molecule has 0 bridgehead atoms. The lowest BCUT2D eigenvalue weighted by atomic mass is 10.1. The Hall–Kier alpha value is -1.64. The number of carbonyl (C=O) groups excluding carboxylic acids is 1. The fourth-order valence-electron chi connectivity index (χ4n) is 2.22. The number of rotatable bonds is 4. The molecule has 21 heavy (non-hydrogen) atoms. The predicted octanol–water partition coefficient (Wildman–Crippen LogP) is 1.23. The zero-order valence-corrected chi connectivity index (χ0v) is 11.7. The van der Waals surface area contributed by atoms with Gasteiger partial charge in [0.05, 0.1) is 18.7 Å². The minimum absolute atomic E-state index is 0.0817. The minimum Gasteiger partial charge on any atom is -0.340 e. The van der Waals surface area contributed by atoms with Gasteiger partial charge < -0.3 is 10.2 Å². The molecule has 0 saturated carbocycles. The van der Waals surface area contributed by atoms with Crippen molar-refractivity contribution in [2.75, 3.05) is 26.7 Å². The van der Waals surface area contributed by atoms with E-state index in [1.54, 1.807) is 4.68 Å². The van der Waals surface area contributed by atoms with E-state index in [4.69, 9.17) is 0 Å². The van der Waals surface area contributed by atoms with E-state index in [-0.39, 0.29) is 18.3 Å². The van der Waals surface area contributed by atoms with Crippen LogP contribution in [0.15, 0.2) is 6.20 Å². The van der Waals surface area contributed by atoms with Crippen molar-refractivity contribution in [2.24, 2.45) is 0 Å². The van der Waals surface area contributed by atoms with E-state index in [1.165, 1.54) is 13.2 Å². The van der Waals surface area contributed by atoms with Gasteiger partial charge in [0.1, 0.15) is 0 Å². The van der Waals surface area contributed by atoms with Crippen molar-refractivity contribution in [2.45, 2.75) is 31.5 Å². The monoisotopic (exact) mass is 305 g/mol. The van der Waals surface area contributed by atoms with Crippen LogP contribution in [0, 0.1) is 0 Å². The molecule has 1 N–H and O–H groups in total. The SMILES string of the molecule is CN(CCC(F)(F)F)C(=O)c1cn(C2CCNCC2)nn1. The molecule has 1 aromatic rings. The topological polar surface area (TPSA) is 63.1 Å². The molecule has 1 aromatic heterocycles. The fraction of sp³-hybridized carbons (Fsp3) is 0.750. The number of halogens is 3. The highest BCUT2D eigenvalue weighted by Gasteiger charge is 2.29. The second-order valence-electron chi connectivity index (χ2n) is 5.16. The highest BCUT2D eigenvalue weighted by atomic mass is 19.4. The molecule has 9 heteroatoms. The number of hydrogen-bond donors (Lipinski definition) is 1. The third-order valence-corrected chi connectivity index (χ3v) is 3.49. The van der Waals surface area contributed by atoms with Gasteiger partial charge >= 0.3 is 6.18 Å². The zero-order valence-electron chi connectivity index (χ0n) is 11.7. The van der Waals surface area contributed by atoms with Gasteiger partial charge in [0.25, 0.3) is 5.91 Å². The Bertz CT molecular complexity index is 481. The number of carbonyl (C=O) groups is 1. The molecule has 6 nitrogen and oxygen atoms in total. The molecule has 118 valence electrons. The summed E-state index contributed by atoms with van der Waals surface area (Å²) >= 11 is 0. The molecular weight excluding hydrogens is 287 g/mol. The molecule has 1 fully saturated rings. The van der Waals surface area contributed by atoms with Gasteiger partial charge in [-0.1, -0.05) is 5.21 Å². The predicted molar refractivity (Wildman–Crippen MR) is 68.8 cm³/mol. The summed E-state index contributed by atoms with van der Waals surface area (Å²) in [6.07, 6.45) is -2.01. The molecule has 0 radical (unpaired) electrons. The number of nitrogens with one attached hydrogen (secondary N) is 1. The number of aromatic nitrogens is 3. The normalized spacial score (nSPS) is 17.0. The van der Waals surface area contributed by atoms with Crippen LogP contribution in [0.1, 0.15) is 35.8 Å². The van der Waals surface area contributed by atoms with Gasteiger partial charge in [0.2, 0.25) is 0 Å². The Kier molecular flexibility index (Phi) is 4.81. The Balaban J connectivity index is 1.94. The van der Waals surface area contributed by atoms with E-state index in [2.05, 4.69) is 15.6 Å². The third-order valence-electron chi connectivity index (χ3n) is 3.49. The van der Waals surface area contributed by atoms with Gasteiger partial charge in [-0.05, 0) is 25.9 Å². The maximum atomic E-state index is 12.2. The molecule has 0 aromatic carbocycles. The number of amides is 1. The molecule has 0 aliphatic carbocycles. The first-order valence-corrected chi connectivity index (χ1v) is 6.81. The maximum Gasteiger partial charge on any atom is 0.390 e. The Morgan fingerprint density at radius 3 is 2.76 bits per heavy atom. The maximum absolute atomic E-state index is 12.2. The first kappa shape index (κ1) is 15.7. The largest absolute Gasteiger partial charge is 0.390 e. The van der Waals surface area contributed by atoms with Crippen LogP contribution in [-0.4, -0.2) is 58.7 Å². The van der Waals surface area contributed by atoms with Crippen LogP contribution in [0.2, 0.25) is 0 Å². The molecule has 2 rings (SSSR count). The first-order chi connectivity index (χ1) is 9.87. The first-order valence-electron chi connectivity index (χ1n) is 6.81. The average Bonchev–Trinajstić information content (AvgIpc) is 2.94. The van der Waals surface area contributed by atoms with Crippen molar-refractivity contribution >= 4 is 5.91 Å². The van der Waals surface area contributed by atoms with Crippen molar-refractivity contribution in [1.82, 2.24) is 25.2 Å². The van der Waals surface area contributed by atoms with Crippen LogP contribution >= 0.6 is 0 Å². The van der Waals surface area contributed by atoms with Gasteiger partial charge in [-0.3, -0.25) is 4.79 Å². The second-order valence-corrected chi connectivity index (χ2v) is 5.16. The fourth-order valence-corrected chi connectivity index (χ4v) is 2.22. The second kappa shape index (κ2) is 6.42. The summed E-state index contributed by atoms with van der Waals surface area (Å²) in [5.74, 6) is -0.542. The van der Waals surface area contributed by atoms with Crippen LogP contribution in [0.5, 0.6) is 0 Å². The van der Waals surface area contributed by atoms with Crippen molar-refractivity contribution in [3.8, 4) is 0 Å². The highest BCUT2D eigenvalue weighted by molar-refractivity contribution is 5.91. The summed E-state index contributed by atoms with van der Waals surface area (Å²) in [4.78, 5) is 13.0. The van der Waals surface area contributed by atoms with Crippen molar-refractivity contribution in [3.05, 3.63) is 11.9 Å². The lowest BCUT2D eigenvalue weighted by molar-refractivity contribution is -0.136. The molecule has 0 spiro atoms. The molecule has 2 heterocycles. The Morgan fingerprint density at radius 2 is 2.14 bits per heavy atom. The van der Waals surface area contributed by atoms with Crippen LogP contribution in [0.25, 0.3) is 0 Å². The van der Waals surface area contributed by atoms with Crippen LogP contribution in [0.3, 0.4) is 0 Å². The van der Waals surface area contributed by atoms with Crippen LogP contribution in [-0.2, 0) is 0 Å². The molecule has 1 aliphatic heterocycles. The van der Waals surface area contributed by atoms with E-state index >= 15 is 0 Å². The van der Waals surface area contributed by atoms with Gasteiger partial charge in [-0.25, -0.2) is 4.68 Å². The zero-order chi connectivity index (χ0) is 15.5. The van der Waals surface area contributed by atoms with Crippen molar-refractivity contribution in [3.63, 3.8) is 0 Å². The average molecular weight is 305 g/mol. The molecule has 1 amide bonds. The number of nitrogens with zero attached hydrogens (tertiary/aromatic N) is 4. The summed E-state index contributed by atoms with van der Waals surface area (Å²) < 4.78 is 38.1. The van der Waals surface area contributed by atoms with Crippen molar-refractivity contribution in [1.29, 1.82) is 0 Å². The van der Waals surface area contributed by atoms with Gasteiger partial charge in [-0.15, -0.1) is 5.10 Å². The van der Waals surface area contributed by atoms with E-state index in [1.807, 2.05) is 0 Å². The third kappa shape index (κ3) is 4.42. The van der Waals surface area contributed by atoms with E-state index in [0.717, 1.165) is 30.8 Å². The smallest absolute Gasteiger partial charge is 0.340 e. The standard InChI is InChI=1S/C12H18F3N5O/c1-19(7-4-12(13,14)15)11(21)10-8-20(18-17-10)9-2-5-16-6-3-9/h8-9,16H,2-7H2,1H3. The van der Waals surface area contributed by atoms with Gasteiger partial charge in [-0.2, -0.15) is 13.2 Å². The molecule has 0 unspecified atom stereocenters. The molecule has 1 saturated heterocycles. The molecule has 1 aliphatic rings. The van der Waals surface area contributed by atoms with Gasteiger partial charge in [0.15, 0.2) is 5.69 Å². The highest BCUT2D eigenvalue weighted by Crippen LogP contribution is 2.20. The quantitative estimate of drug-likeness (QED) is 0.909. The van der Waals surface area contributed by atoms with E-state index in [0.29, 0.717) is 0 Å². The lowest BCUT2D eigenvalue weighted by Gasteiger charge is -2.22. The summed E-state index contributed by atoms with van der Waals surface area (Å²) in [6, 6.07) is 0.181. The Morgan fingerprint density at radius 1 is 1.48 bits per heavy atom. The van der Waals surface area contributed by atoms with E-state index < -0.39 is 18.5 Å². The van der Waals surface area contributed by atoms with Crippen LogP contribution in [0.4, 0.5) is 13.2 Å².